The molecule has 0 aliphatic heterocycles. The van der Waals surface area contributed by atoms with Crippen molar-refractivity contribution in [3.05, 3.63) is 53.6 Å². The van der Waals surface area contributed by atoms with Gasteiger partial charge in [-0.1, -0.05) is 31.2 Å². The lowest BCUT2D eigenvalue weighted by atomic mass is 10.2. The summed E-state index contributed by atoms with van der Waals surface area (Å²) in [7, 11) is 0. The highest BCUT2D eigenvalue weighted by molar-refractivity contribution is 7.99. The third-order valence-electron chi connectivity index (χ3n) is 2.71. The number of rotatable bonds is 4. The molecular formula is C16H15NOS. The third-order valence-corrected chi connectivity index (χ3v) is 3.65. The van der Waals surface area contributed by atoms with Gasteiger partial charge in [-0.3, -0.25) is 0 Å². The quantitative estimate of drug-likeness (QED) is 0.749. The van der Waals surface area contributed by atoms with E-state index >= 15 is 0 Å². The van der Waals surface area contributed by atoms with Crippen molar-refractivity contribution in [3.8, 4) is 17.6 Å². The molecule has 0 amide bonds. The second-order valence-electron chi connectivity index (χ2n) is 4.04. The molecule has 0 atom stereocenters. The van der Waals surface area contributed by atoms with Crippen LogP contribution in [0.25, 0.3) is 0 Å². The molecule has 2 nitrogen and oxygen atoms in total. The lowest BCUT2D eigenvalue weighted by molar-refractivity contribution is 0.476. The molecule has 0 aromatic heterocycles. The number of thioether (sulfide) groups is 1. The summed E-state index contributed by atoms with van der Waals surface area (Å²) in [5.41, 5.74) is 1.66. The van der Waals surface area contributed by atoms with E-state index in [0.717, 1.165) is 22.0 Å². The van der Waals surface area contributed by atoms with Crippen LogP contribution in [0.15, 0.2) is 47.4 Å². The van der Waals surface area contributed by atoms with E-state index < -0.39 is 0 Å². The molecule has 0 unspecified atom stereocenters. The van der Waals surface area contributed by atoms with Crippen molar-refractivity contribution in [1.29, 1.82) is 5.26 Å². The minimum absolute atomic E-state index is 0.609. The van der Waals surface area contributed by atoms with Crippen molar-refractivity contribution in [1.82, 2.24) is 0 Å². The van der Waals surface area contributed by atoms with Crippen LogP contribution in [0.4, 0.5) is 0 Å². The van der Waals surface area contributed by atoms with Crippen molar-refractivity contribution in [2.24, 2.45) is 0 Å². The summed E-state index contributed by atoms with van der Waals surface area (Å²) < 4.78 is 5.88. The molecule has 2 rings (SSSR count). The van der Waals surface area contributed by atoms with E-state index in [2.05, 4.69) is 13.0 Å². The molecule has 2 aromatic carbocycles. The summed E-state index contributed by atoms with van der Waals surface area (Å²) in [6.45, 7) is 4.06. The van der Waals surface area contributed by atoms with Crippen LogP contribution in [-0.2, 0) is 0 Å². The van der Waals surface area contributed by atoms with E-state index in [1.807, 2.05) is 49.4 Å². The predicted octanol–water partition coefficient (Wildman–Crippen LogP) is 4.77. The van der Waals surface area contributed by atoms with Crippen molar-refractivity contribution < 1.29 is 4.74 Å². The zero-order chi connectivity index (χ0) is 13.7. The van der Waals surface area contributed by atoms with Crippen molar-refractivity contribution in [2.45, 2.75) is 18.7 Å². The Kier molecular flexibility index (Phi) is 4.48. The van der Waals surface area contributed by atoms with E-state index in [9.17, 15) is 5.26 Å². The summed E-state index contributed by atoms with van der Waals surface area (Å²) in [6, 6.07) is 15.8. The molecule has 0 spiro atoms. The first-order chi connectivity index (χ1) is 9.26. The number of hydrogen-bond acceptors (Lipinski definition) is 3. The fourth-order valence-corrected chi connectivity index (χ4v) is 2.55. The predicted molar refractivity (Wildman–Crippen MR) is 78.8 cm³/mol. The second kappa shape index (κ2) is 6.31. The number of para-hydroxylation sites is 1. The molecule has 3 heteroatoms. The molecular weight excluding hydrogens is 254 g/mol. The van der Waals surface area contributed by atoms with Gasteiger partial charge in [0.05, 0.1) is 0 Å². The van der Waals surface area contributed by atoms with E-state index in [0.29, 0.717) is 11.3 Å². The normalized spacial score (nSPS) is 9.95. The Morgan fingerprint density at radius 3 is 2.53 bits per heavy atom. The number of aryl methyl sites for hydroxylation is 1. The maximum Gasteiger partial charge on any atom is 0.146 e. The molecule has 0 bridgehead atoms. The molecule has 0 aliphatic rings. The fourth-order valence-electron chi connectivity index (χ4n) is 1.77. The van der Waals surface area contributed by atoms with E-state index in [1.54, 1.807) is 11.8 Å². The number of ether oxygens (including phenoxy) is 1. The van der Waals surface area contributed by atoms with Crippen molar-refractivity contribution in [2.75, 3.05) is 5.75 Å². The van der Waals surface area contributed by atoms with Crippen LogP contribution in [0.3, 0.4) is 0 Å². The monoisotopic (exact) mass is 269 g/mol. The first-order valence-electron chi connectivity index (χ1n) is 6.15. The lowest BCUT2D eigenvalue weighted by Gasteiger charge is -2.11. The average Bonchev–Trinajstić information content (AvgIpc) is 2.42. The molecule has 2 aromatic rings. The van der Waals surface area contributed by atoms with Gasteiger partial charge in [0.2, 0.25) is 0 Å². The van der Waals surface area contributed by atoms with Gasteiger partial charge < -0.3 is 4.74 Å². The maximum atomic E-state index is 9.33. The van der Waals surface area contributed by atoms with E-state index in [-0.39, 0.29) is 0 Å². The van der Waals surface area contributed by atoms with Crippen LogP contribution in [-0.4, -0.2) is 5.75 Å². The Morgan fingerprint density at radius 1 is 1.11 bits per heavy atom. The van der Waals surface area contributed by atoms with Crippen LogP contribution in [0.1, 0.15) is 18.1 Å². The van der Waals surface area contributed by atoms with Gasteiger partial charge in [-0.25, -0.2) is 0 Å². The summed E-state index contributed by atoms with van der Waals surface area (Å²) in [6.07, 6.45) is 0. The Balaban J connectivity index is 2.38. The van der Waals surface area contributed by atoms with Crippen LogP contribution >= 0.6 is 11.8 Å². The highest BCUT2D eigenvalue weighted by Gasteiger charge is 2.10. The van der Waals surface area contributed by atoms with Crippen LogP contribution in [0.5, 0.6) is 11.5 Å². The average molecular weight is 269 g/mol. The first-order valence-corrected chi connectivity index (χ1v) is 7.14. The second-order valence-corrected chi connectivity index (χ2v) is 5.35. The third kappa shape index (κ3) is 3.10. The Morgan fingerprint density at radius 2 is 1.84 bits per heavy atom. The zero-order valence-electron chi connectivity index (χ0n) is 11.0. The topological polar surface area (TPSA) is 33.0 Å². The Hall–Kier alpha value is -1.92. The number of hydrogen-bond donors (Lipinski definition) is 0. The maximum absolute atomic E-state index is 9.33. The molecule has 0 fully saturated rings. The molecule has 0 N–H and O–H groups in total. The summed E-state index contributed by atoms with van der Waals surface area (Å²) in [5, 5.41) is 9.33. The minimum atomic E-state index is 0.609. The van der Waals surface area contributed by atoms with Crippen LogP contribution in [0, 0.1) is 18.3 Å². The number of benzene rings is 2. The fraction of sp³-hybridized carbons (Fsp3) is 0.188. The van der Waals surface area contributed by atoms with E-state index in [4.69, 9.17) is 4.74 Å². The molecule has 0 saturated heterocycles. The molecule has 0 aliphatic carbocycles. The van der Waals surface area contributed by atoms with Gasteiger partial charge in [-0.2, -0.15) is 5.26 Å². The van der Waals surface area contributed by atoms with E-state index in [1.165, 1.54) is 0 Å². The van der Waals surface area contributed by atoms with Gasteiger partial charge in [0.15, 0.2) is 0 Å². The molecule has 19 heavy (non-hydrogen) atoms. The van der Waals surface area contributed by atoms with Gasteiger partial charge >= 0.3 is 0 Å². The summed E-state index contributed by atoms with van der Waals surface area (Å²) >= 11 is 1.65. The van der Waals surface area contributed by atoms with Gasteiger partial charge in [0.25, 0.3) is 0 Å². The Labute approximate surface area is 118 Å². The smallest absolute Gasteiger partial charge is 0.146 e. The molecule has 0 heterocycles. The minimum Gasteiger partial charge on any atom is -0.456 e. The highest BCUT2D eigenvalue weighted by atomic mass is 32.2. The van der Waals surface area contributed by atoms with Gasteiger partial charge in [-0.05, 0) is 36.4 Å². The van der Waals surface area contributed by atoms with Crippen LogP contribution in [0.2, 0.25) is 0 Å². The van der Waals surface area contributed by atoms with Crippen molar-refractivity contribution in [3.63, 3.8) is 0 Å². The zero-order valence-corrected chi connectivity index (χ0v) is 11.8. The van der Waals surface area contributed by atoms with Gasteiger partial charge in [0.1, 0.15) is 23.1 Å². The SMILES string of the molecule is CCSc1cccc(Oc2ccccc2C)c1C#N. The van der Waals surface area contributed by atoms with Gasteiger partial charge in [0, 0.05) is 4.90 Å². The molecule has 0 saturated carbocycles. The molecule has 96 valence electrons. The summed E-state index contributed by atoms with van der Waals surface area (Å²) in [4.78, 5) is 0.969. The highest BCUT2D eigenvalue weighted by Crippen LogP contribution is 2.33. The standard InChI is InChI=1S/C16H15NOS/c1-3-19-16-10-6-9-15(13(16)11-17)18-14-8-5-4-7-12(14)2/h4-10H,3H2,1-2H3. The number of nitriles is 1. The van der Waals surface area contributed by atoms with Crippen LogP contribution < -0.4 is 4.74 Å². The largest absolute Gasteiger partial charge is 0.456 e. The Bertz CT molecular complexity index is 616. The first kappa shape index (κ1) is 13.5. The lowest BCUT2D eigenvalue weighted by Crippen LogP contribution is -1.92. The molecule has 0 radical (unpaired) electrons. The van der Waals surface area contributed by atoms with Gasteiger partial charge in [-0.15, -0.1) is 11.8 Å². The summed E-state index contributed by atoms with van der Waals surface area (Å²) in [5.74, 6) is 2.34. The number of nitrogens with zero attached hydrogens (tertiary/aromatic N) is 1. The van der Waals surface area contributed by atoms with Crippen molar-refractivity contribution >= 4 is 11.8 Å².